The Hall–Kier alpha value is -3.03. The molecule has 1 N–H and O–H groups in total. The van der Waals surface area contributed by atoms with Crippen LogP contribution in [0, 0.1) is 23.2 Å². The Bertz CT molecular complexity index is 1110. The monoisotopic (exact) mass is 429 g/mol. The van der Waals surface area contributed by atoms with Gasteiger partial charge in [-0.15, -0.1) is 11.3 Å². The number of aromatic nitrogens is 2. The van der Waals surface area contributed by atoms with Gasteiger partial charge in [-0.25, -0.2) is 4.98 Å². The molecule has 0 bridgehead atoms. The van der Waals surface area contributed by atoms with E-state index in [-0.39, 0.29) is 0 Å². The first-order valence-electron chi connectivity index (χ1n) is 10.6. The second-order valence-electron chi connectivity index (χ2n) is 7.41. The summed E-state index contributed by atoms with van der Waals surface area (Å²) in [5.74, 6) is 6.63. The zero-order valence-corrected chi connectivity index (χ0v) is 19.9. The standard InChI is InChI=1S/C17H15N3S.C10H16/c1-11(2)13(9-18)15-3-4-16-17(20-15)14(10-21-16)12-5-7-19-8-6-12;1-4-6-7-8-9-10(3)5-2/h3-10,18H,1-2H3;8-10H,4-5H2,1-3H3/b;9-8-. The van der Waals surface area contributed by atoms with Crippen LogP contribution in [0.1, 0.15) is 53.2 Å². The fourth-order valence-electron chi connectivity index (χ4n) is 2.78. The first kappa shape index (κ1) is 24.2. The van der Waals surface area contributed by atoms with E-state index < -0.39 is 0 Å². The van der Waals surface area contributed by atoms with Crippen LogP contribution >= 0.6 is 11.3 Å². The SMILES string of the molecule is CC(C)=C(C=N)c1ccc2scc(-c3ccncc3)c2n1.CCC#C/C=C\C(C)CC. The Morgan fingerprint density at radius 3 is 2.52 bits per heavy atom. The topological polar surface area (TPSA) is 49.6 Å². The molecular formula is C27H31N3S. The van der Waals surface area contributed by atoms with Gasteiger partial charge in [0.15, 0.2) is 0 Å². The highest BCUT2D eigenvalue weighted by Crippen LogP contribution is 2.33. The molecule has 0 spiro atoms. The van der Waals surface area contributed by atoms with Gasteiger partial charge in [0, 0.05) is 41.5 Å². The van der Waals surface area contributed by atoms with E-state index in [0.717, 1.165) is 44.6 Å². The molecule has 0 aliphatic heterocycles. The fraction of sp³-hybridized carbons (Fsp3) is 0.296. The van der Waals surface area contributed by atoms with E-state index in [1.165, 1.54) is 12.6 Å². The molecule has 3 nitrogen and oxygen atoms in total. The molecule has 4 heteroatoms. The number of pyridine rings is 2. The minimum Gasteiger partial charge on any atom is -0.308 e. The lowest BCUT2D eigenvalue weighted by atomic mass is 10.1. The molecule has 160 valence electrons. The largest absolute Gasteiger partial charge is 0.308 e. The maximum absolute atomic E-state index is 7.59. The number of allylic oxidation sites excluding steroid dienone is 4. The highest BCUT2D eigenvalue weighted by molar-refractivity contribution is 7.17. The van der Waals surface area contributed by atoms with Crippen LogP contribution < -0.4 is 0 Å². The lowest BCUT2D eigenvalue weighted by molar-refractivity contribution is 0.698. The van der Waals surface area contributed by atoms with Gasteiger partial charge >= 0.3 is 0 Å². The van der Waals surface area contributed by atoms with Crippen molar-refractivity contribution in [3.05, 3.63) is 65.5 Å². The third-order valence-electron chi connectivity index (χ3n) is 4.80. The first-order chi connectivity index (χ1) is 15.0. The van der Waals surface area contributed by atoms with Gasteiger partial charge in [0.25, 0.3) is 0 Å². The Labute approximate surface area is 190 Å². The van der Waals surface area contributed by atoms with Crippen molar-refractivity contribution < 1.29 is 0 Å². The lowest BCUT2D eigenvalue weighted by Gasteiger charge is -2.05. The van der Waals surface area contributed by atoms with Crippen molar-refractivity contribution in [1.82, 2.24) is 9.97 Å². The summed E-state index contributed by atoms with van der Waals surface area (Å²) in [5, 5.41) is 9.72. The van der Waals surface area contributed by atoms with E-state index >= 15 is 0 Å². The van der Waals surface area contributed by atoms with E-state index in [9.17, 15) is 0 Å². The lowest BCUT2D eigenvalue weighted by Crippen LogP contribution is -1.92. The Morgan fingerprint density at radius 2 is 1.90 bits per heavy atom. The van der Waals surface area contributed by atoms with E-state index in [0.29, 0.717) is 5.92 Å². The van der Waals surface area contributed by atoms with Crippen LogP contribution in [0.15, 0.2) is 59.8 Å². The summed E-state index contributed by atoms with van der Waals surface area (Å²) in [5.41, 5.74) is 6.06. The Kier molecular flexibility index (Phi) is 9.87. The third-order valence-corrected chi connectivity index (χ3v) is 5.74. The molecule has 0 fully saturated rings. The summed E-state index contributed by atoms with van der Waals surface area (Å²) in [6.07, 6.45) is 11.2. The van der Waals surface area contributed by atoms with Gasteiger partial charge in [0.2, 0.25) is 0 Å². The molecule has 3 heterocycles. The van der Waals surface area contributed by atoms with Crippen LogP contribution in [0.25, 0.3) is 26.9 Å². The van der Waals surface area contributed by atoms with Crippen LogP contribution in [0.2, 0.25) is 0 Å². The number of rotatable bonds is 5. The van der Waals surface area contributed by atoms with Crippen molar-refractivity contribution in [1.29, 1.82) is 5.41 Å². The molecule has 0 aliphatic carbocycles. The maximum atomic E-state index is 7.59. The predicted molar refractivity (Wildman–Crippen MR) is 137 cm³/mol. The van der Waals surface area contributed by atoms with Gasteiger partial charge in [-0.3, -0.25) is 4.98 Å². The molecule has 1 unspecified atom stereocenters. The summed E-state index contributed by atoms with van der Waals surface area (Å²) in [7, 11) is 0. The van der Waals surface area contributed by atoms with E-state index in [1.807, 2.05) is 38.1 Å². The van der Waals surface area contributed by atoms with Crippen molar-refractivity contribution in [2.45, 2.75) is 47.5 Å². The molecule has 0 radical (unpaired) electrons. The van der Waals surface area contributed by atoms with Crippen molar-refractivity contribution in [2.75, 3.05) is 0 Å². The maximum Gasteiger partial charge on any atom is 0.0895 e. The van der Waals surface area contributed by atoms with Crippen LogP contribution in [-0.2, 0) is 0 Å². The van der Waals surface area contributed by atoms with Gasteiger partial charge in [-0.2, -0.15) is 0 Å². The molecular weight excluding hydrogens is 398 g/mol. The zero-order chi connectivity index (χ0) is 22.6. The summed E-state index contributed by atoms with van der Waals surface area (Å²) in [6.45, 7) is 10.4. The molecule has 3 aromatic heterocycles. The molecule has 3 rings (SSSR count). The molecule has 31 heavy (non-hydrogen) atoms. The van der Waals surface area contributed by atoms with Crippen molar-refractivity contribution >= 4 is 33.3 Å². The first-order valence-corrected chi connectivity index (χ1v) is 11.5. The summed E-state index contributed by atoms with van der Waals surface area (Å²) < 4.78 is 1.16. The van der Waals surface area contributed by atoms with Crippen LogP contribution in [0.3, 0.4) is 0 Å². The molecule has 0 saturated heterocycles. The number of nitrogens with zero attached hydrogens (tertiary/aromatic N) is 2. The van der Waals surface area contributed by atoms with Gasteiger partial charge < -0.3 is 5.41 Å². The van der Waals surface area contributed by atoms with Crippen LogP contribution in [-0.4, -0.2) is 16.2 Å². The number of hydrogen-bond donors (Lipinski definition) is 1. The number of fused-ring (bicyclic) bond motifs is 1. The van der Waals surface area contributed by atoms with E-state index in [1.54, 1.807) is 23.7 Å². The average molecular weight is 430 g/mol. The molecule has 0 saturated carbocycles. The third kappa shape index (κ3) is 7.01. The van der Waals surface area contributed by atoms with Gasteiger partial charge in [0.05, 0.1) is 15.9 Å². The summed E-state index contributed by atoms with van der Waals surface area (Å²) in [4.78, 5) is 8.85. The predicted octanol–water partition coefficient (Wildman–Crippen LogP) is 7.80. The van der Waals surface area contributed by atoms with Crippen molar-refractivity contribution in [3.63, 3.8) is 0 Å². The Balaban J connectivity index is 0.000000291. The molecule has 0 aromatic carbocycles. The minimum atomic E-state index is 0.672. The zero-order valence-electron chi connectivity index (χ0n) is 19.1. The number of thiophene rings is 1. The highest BCUT2D eigenvalue weighted by atomic mass is 32.1. The second-order valence-corrected chi connectivity index (χ2v) is 8.32. The second kappa shape index (κ2) is 12.6. The highest BCUT2D eigenvalue weighted by Gasteiger charge is 2.10. The van der Waals surface area contributed by atoms with Gasteiger partial charge in [-0.05, 0) is 55.7 Å². The van der Waals surface area contributed by atoms with Crippen molar-refractivity contribution in [3.8, 4) is 23.0 Å². The summed E-state index contributed by atoms with van der Waals surface area (Å²) >= 11 is 1.69. The van der Waals surface area contributed by atoms with E-state index in [2.05, 4.69) is 55.1 Å². The number of hydrogen-bond acceptors (Lipinski definition) is 4. The van der Waals surface area contributed by atoms with Crippen molar-refractivity contribution in [2.24, 2.45) is 5.92 Å². The minimum absolute atomic E-state index is 0.672. The molecule has 1 atom stereocenters. The average Bonchev–Trinajstić information content (AvgIpc) is 3.21. The van der Waals surface area contributed by atoms with Crippen LogP contribution in [0.5, 0.6) is 0 Å². The Morgan fingerprint density at radius 1 is 1.16 bits per heavy atom. The van der Waals surface area contributed by atoms with Gasteiger partial charge in [0.1, 0.15) is 0 Å². The number of nitrogens with one attached hydrogen (secondary N) is 1. The normalized spacial score (nSPS) is 11.3. The summed E-state index contributed by atoms with van der Waals surface area (Å²) in [6, 6.07) is 8.06. The van der Waals surface area contributed by atoms with Gasteiger partial charge in [-0.1, -0.05) is 50.7 Å². The fourth-order valence-corrected chi connectivity index (χ4v) is 3.69. The van der Waals surface area contributed by atoms with Crippen LogP contribution in [0.4, 0.5) is 0 Å². The molecule has 3 aromatic rings. The molecule has 0 aliphatic rings. The molecule has 0 amide bonds. The van der Waals surface area contributed by atoms with E-state index in [4.69, 9.17) is 10.4 Å². The smallest absolute Gasteiger partial charge is 0.0895 e. The quantitative estimate of drug-likeness (QED) is 0.332.